The van der Waals surface area contributed by atoms with Crippen LogP contribution in [-0.2, 0) is 0 Å². The van der Waals surface area contributed by atoms with Crippen LogP contribution in [0.4, 0.5) is 0 Å². The van der Waals surface area contributed by atoms with Crippen molar-refractivity contribution in [2.45, 2.75) is 6.92 Å². The van der Waals surface area contributed by atoms with Crippen LogP contribution in [-0.4, -0.2) is 30.0 Å². The Hall–Kier alpha value is -0.0500. The second kappa shape index (κ2) is 4.79. The SMILES string of the molecule is C=CC[N+](C)(O)CC.[Cl-]. The Morgan fingerprint density at radius 1 is 1.67 bits per heavy atom. The third-order valence-corrected chi connectivity index (χ3v) is 1.20. The first-order valence-corrected chi connectivity index (χ1v) is 2.80. The maximum atomic E-state index is 9.19. The summed E-state index contributed by atoms with van der Waals surface area (Å²) in [4.78, 5) is 0. The number of hydrogen-bond donors (Lipinski definition) is 1. The molecule has 0 bridgehead atoms. The minimum Gasteiger partial charge on any atom is -1.00 e. The van der Waals surface area contributed by atoms with Gasteiger partial charge in [-0.3, -0.25) is 0 Å². The van der Waals surface area contributed by atoms with Gasteiger partial charge in [-0.15, -0.1) is 0 Å². The molecule has 0 aromatic rings. The summed E-state index contributed by atoms with van der Waals surface area (Å²) in [5.74, 6) is 0. The summed E-state index contributed by atoms with van der Waals surface area (Å²) in [6.45, 7) is 6.80. The zero-order valence-electron chi connectivity index (χ0n) is 5.97. The van der Waals surface area contributed by atoms with Crippen molar-refractivity contribution >= 4 is 0 Å². The van der Waals surface area contributed by atoms with Crippen LogP contribution in [0.2, 0.25) is 0 Å². The highest BCUT2D eigenvalue weighted by Gasteiger charge is 2.10. The molecule has 3 heteroatoms. The van der Waals surface area contributed by atoms with Gasteiger partial charge in [0.25, 0.3) is 0 Å². The van der Waals surface area contributed by atoms with Crippen LogP contribution in [0.15, 0.2) is 12.7 Å². The van der Waals surface area contributed by atoms with E-state index in [1.165, 1.54) is 0 Å². The maximum absolute atomic E-state index is 9.19. The lowest BCUT2D eigenvalue weighted by Crippen LogP contribution is -3.00. The molecule has 0 spiro atoms. The second-order valence-electron chi connectivity index (χ2n) is 2.13. The van der Waals surface area contributed by atoms with Gasteiger partial charge >= 0.3 is 0 Å². The van der Waals surface area contributed by atoms with Gasteiger partial charge in [-0.25, -0.2) is 5.21 Å². The lowest BCUT2D eigenvalue weighted by atomic mass is 10.5. The lowest BCUT2D eigenvalue weighted by molar-refractivity contribution is -1.08. The fraction of sp³-hybridized carbons (Fsp3) is 0.667. The van der Waals surface area contributed by atoms with Gasteiger partial charge in [-0.1, -0.05) is 6.58 Å². The van der Waals surface area contributed by atoms with Gasteiger partial charge in [0.05, 0.1) is 7.05 Å². The van der Waals surface area contributed by atoms with E-state index in [2.05, 4.69) is 6.58 Å². The van der Waals surface area contributed by atoms with Gasteiger partial charge in [0.15, 0.2) is 0 Å². The Morgan fingerprint density at radius 3 is 2.22 bits per heavy atom. The van der Waals surface area contributed by atoms with Gasteiger partial charge in [0.1, 0.15) is 13.1 Å². The van der Waals surface area contributed by atoms with Gasteiger partial charge < -0.3 is 12.4 Å². The van der Waals surface area contributed by atoms with Crippen molar-refractivity contribution in [2.24, 2.45) is 0 Å². The summed E-state index contributed by atoms with van der Waals surface area (Å²) in [7, 11) is 1.75. The van der Waals surface area contributed by atoms with E-state index in [1.807, 2.05) is 6.92 Å². The fourth-order valence-corrected chi connectivity index (χ4v) is 0.407. The molecule has 0 amide bonds. The van der Waals surface area contributed by atoms with Crippen LogP contribution in [0.1, 0.15) is 6.92 Å². The van der Waals surface area contributed by atoms with Crippen molar-refractivity contribution in [3.63, 3.8) is 0 Å². The van der Waals surface area contributed by atoms with Gasteiger partial charge in [0.2, 0.25) is 0 Å². The third kappa shape index (κ3) is 5.83. The molecule has 56 valence electrons. The topological polar surface area (TPSA) is 20.2 Å². The van der Waals surface area contributed by atoms with Crippen LogP contribution < -0.4 is 12.4 Å². The molecule has 0 saturated carbocycles. The average Bonchev–Trinajstić information content (AvgIpc) is 1.67. The van der Waals surface area contributed by atoms with Crippen molar-refractivity contribution < 1.29 is 22.3 Å². The Bertz CT molecular complexity index is 83.1. The number of halogens is 1. The molecule has 1 unspecified atom stereocenters. The van der Waals surface area contributed by atoms with E-state index >= 15 is 0 Å². The highest BCUT2D eigenvalue weighted by molar-refractivity contribution is 4.62. The molecule has 9 heavy (non-hydrogen) atoms. The molecule has 0 fully saturated rings. The van der Waals surface area contributed by atoms with E-state index < -0.39 is 0 Å². The zero-order valence-corrected chi connectivity index (χ0v) is 6.73. The molecule has 0 aromatic carbocycles. The first-order chi connectivity index (χ1) is 3.62. The highest BCUT2D eigenvalue weighted by atomic mass is 35.5. The normalized spacial score (nSPS) is 15.4. The second-order valence-corrected chi connectivity index (χ2v) is 2.13. The first-order valence-electron chi connectivity index (χ1n) is 2.80. The van der Waals surface area contributed by atoms with E-state index in [9.17, 15) is 5.21 Å². The minimum atomic E-state index is 0. The van der Waals surface area contributed by atoms with Gasteiger partial charge in [0, 0.05) is 0 Å². The van der Waals surface area contributed by atoms with Gasteiger partial charge in [-0.05, 0) is 13.0 Å². The number of nitrogens with zero attached hydrogens (tertiary/aromatic N) is 1. The summed E-state index contributed by atoms with van der Waals surface area (Å²) < 4.78 is 0.0451. The maximum Gasteiger partial charge on any atom is 0.127 e. The fourth-order valence-electron chi connectivity index (χ4n) is 0.407. The quantitative estimate of drug-likeness (QED) is 0.282. The van der Waals surface area contributed by atoms with Crippen LogP contribution in [0.25, 0.3) is 0 Å². The third-order valence-electron chi connectivity index (χ3n) is 1.20. The molecule has 0 aliphatic heterocycles. The molecule has 0 saturated heterocycles. The molecular formula is C6H14ClNO. The molecule has 0 heterocycles. The Kier molecular flexibility index (Phi) is 6.24. The largest absolute Gasteiger partial charge is 1.00 e. The molecule has 0 radical (unpaired) electrons. The highest BCUT2D eigenvalue weighted by Crippen LogP contribution is 1.92. The number of quaternary nitrogens is 1. The molecular weight excluding hydrogens is 138 g/mol. The minimum absolute atomic E-state index is 0. The zero-order chi connectivity index (χ0) is 6.62. The van der Waals surface area contributed by atoms with Crippen LogP contribution in [0, 0.1) is 0 Å². The molecule has 0 rings (SSSR count). The monoisotopic (exact) mass is 151 g/mol. The van der Waals surface area contributed by atoms with E-state index in [0.717, 1.165) is 6.54 Å². The van der Waals surface area contributed by atoms with Crippen molar-refractivity contribution in [1.29, 1.82) is 0 Å². The molecule has 2 nitrogen and oxygen atoms in total. The lowest BCUT2D eigenvalue weighted by Gasteiger charge is -2.21. The van der Waals surface area contributed by atoms with Gasteiger partial charge in [-0.2, -0.15) is 4.65 Å². The predicted octanol–water partition coefficient (Wildman–Crippen LogP) is -1.97. The molecule has 0 aliphatic rings. The molecule has 1 N–H and O–H groups in total. The van der Waals surface area contributed by atoms with Crippen molar-refractivity contribution in [1.82, 2.24) is 0 Å². The van der Waals surface area contributed by atoms with E-state index in [1.54, 1.807) is 13.1 Å². The summed E-state index contributed by atoms with van der Waals surface area (Å²) >= 11 is 0. The smallest absolute Gasteiger partial charge is 0.127 e. The summed E-state index contributed by atoms with van der Waals surface area (Å²) in [5.41, 5.74) is 0. The van der Waals surface area contributed by atoms with Crippen LogP contribution in [0.5, 0.6) is 0 Å². The summed E-state index contributed by atoms with van der Waals surface area (Å²) in [6.07, 6.45) is 1.71. The standard InChI is InChI=1S/C6H14NO.ClH/c1-4-6-7(3,8)5-2;/h4,8H,1,5-6H2,2-3H3;1H/q+1;/p-1. The number of hydroxylamine groups is 3. The number of likely N-dealkylation sites (N-methyl/N-ethyl adjacent to an activating group) is 1. The van der Waals surface area contributed by atoms with E-state index in [-0.39, 0.29) is 17.1 Å². The van der Waals surface area contributed by atoms with E-state index in [0.29, 0.717) is 6.54 Å². The molecule has 1 atom stereocenters. The number of rotatable bonds is 3. The summed E-state index contributed by atoms with van der Waals surface area (Å²) in [5, 5.41) is 9.19. The summed E-state index contributed by atoms with van der Waals surface area (Å²) in [6, 6.07) is 0. The predicted molar refractivity (Wildman–Crippen MR) is 33.6 cm³/mol. The molecule has 0 aromatic heterocycles. The molecule has 0 aliphatic carbocycles. The first kappa shape index (κ1) is 11.7. The Morgan fingerprint density at radius 2 is 2.11 bits per heavy atom. The number of hydrogen-bond acceptors (Lipinski definition) is 1. The van der Waals surface area contributed by atoms with Crippen molar-refractivity contribution in [2.75, 3.05) is 20.1 Å². The van der Waals surface area contributed by atoms with E-state index in [4.69, 9.17) is 0 Å². The van der Waals surface area contributed by atoms with Crippen molar-refractivity contribution in [3.8, 4) is 0 Å². The van der Waals surface area contributed by atoms with Crippen LogP contribution >= 0.6 is 0 Å². The van der Waals surface area contributed by atoms with Crippen molar-refractivity contribution in [3.05, 3.63) is 12.7 Å². The van der Waals surface area contributed by atoms with Crippen LogP contribution in [0.3, 0.4) is 0 Å². The Balaban J connectivity index is 0. The average molecular weight is 152 g/mol. The Labute approximate surface area is 62.7 Å².